The van der Waals surface area contributed by atoms with Crippen LogP contribution in [0.2, 0.25) is 0 Å². The third kappa shape index (κ3) is 6.36. The first-order valence-corrected chi connectivity index (χ1v) is 14.9. The van der Waals surface area contributed by atoms with Crippen LogP contribution in [0.15, 0.2) is 73.3 Å². The first-order chi connectivity index (χ1) is 22.5. The molecule has 2 amide bonds. The largest absolute Gasteiger partial charge is 0.438 e. The summed E-state index contributed by atoms with van der Waals surface area (Å²) in [6, 6.07) is 5.28. The zero-order valence-corrected chi connectivity index (χ0v) is 25.5. The van der Waals surface area contributed by atoms with Crippen LogP contribution in [0.5, 0.6) is 0 Å². The van der Waals surface area contributed by atoms with E-state index in [-0.39, 0.29) is 65.2 Å². The average Bonchev–Trinajstić information content (AvgIpc) is 3.53. The normalized spacial score (nSPS) is 22.1. The fraction of sp³-hybridized carbons (Fsp3) is 0.312. The topological polar surface area (TPSA) is 206 Å². The molecule has 5 N–H and O–H groups in total. The number of nitrogens with two attached hydrogens (primary N) is 1. The fourth-order valence-electron chi connectivity index (χ4n) is 6.00. The molecule has 2 aromatic carbocycles. The predicted molar refractivity (Wildman–Crippen MR) is 168 cm³/mol. The van der Waals surface area contributed by atoms with E-state index >= 15 is 0 Å². The van der Waals surface area contributed by atoms with E-state index in [1.807, 2.05) is 6.92 Å². The summed E-state index contributed by atoms with van der Waals surface area (Å²) in [5.41, 5.74) is 5.76. The van der Waals surface area contributed by atoms with Crippen LogP contribution >= 0.6 is 0 Å². The number of aromatic amines is 1. The summed E-state index contributed by atoms with van der Waals surface area (Å²) >= 11 is 0. The predicted octanol–water partition coefficient (Wildman–Crippen LogP) is 1.46. The van der Waals surface area contributed by atoms with Crippen molar-refractivity contribution in [3.63, 3.8) is 0 Å². The summed E-state index contributed by atoms with van der Waals surface area (Å²) in [4.78, 5) is 73.0. The lowest BCUT2D eigenvalue weighted by Crippen LogP contribution is -2.40. The minimum absolute atomic E-state index is 0.00477. The fourth-order valence-corrected chi connectivity index (χ4v) is 6.00. The SMILES string of the molecule is C/C1=C\[C@H]2C(/C=C/CC[C@@H]1NC(=O)c1cc(C(=O)NCc3ccc(F)c(CN(C)c4c(N)c(=O)c4=O)c3)ncn1)C2c1noc(=O)[nH]1. The Morgan fingerprint density at radius 1 is 1.11 bits per heavy atom. The smallest absolute Gasteiger partial charge is 0.394 e. The van der Waals surface area contributed by atoms with Crippen molar-refractivity contribution in [2.75, 3.05) is 17.7 Å². The van der Waals surface area contributed by atoms with Gasteiger partial charge in [0.2, 0.25) is 0 Å². The number of aromatic nitrogens is 4. The van der Waals surface area contributed by atoms with Gasteiger partial charge in [-0.15, -0.1) is 0 Å². The lowest BCUT2D eigenvalue weighted by atomic mass is 10.0. The van der Waals surface area contributed by atoms with Crippen LogP contribution in [0.3, 0.4) is 0 Å². The van der Waals surface area contributed by atoms with Crippen molar-refractivity contribution in [1.29, 1.82) is 0 Å². The number of anilines is 2. The van der Waals surface area contributed by atoms with Crippen molar-refractivity contribution in [3.05, 3.63) is 120 Å². The van der Waals surface area contributed by atoms with Gasteiger partial charge in [0, 0.05) is 37.7 Å². The van der Waals surface area contributed by atoms with E-state index in [2.05, 4.69) is 53.5 Å². The van der Waals surface area contributed by atoms with E-state index in [9.17, 15) is 28.4 Å². The summed E-state index contributed by atoms with van der Waals surface area (Å²) in [6.07, 6.45) is 8.75. The number of fused-ring (bicyclic) bond motifs is 1. The molecule has 1 saturated carbocycles. The van der Waals surface area contributed by atoms with Crippen molar-refractivity contribution < 1.29 is 18.5 Å². The van der Waals surface area contributed by atoms with Crippen molar-refractivity contribution in [2.45, 2.75) is 44.8 Å². The summed E-state index contributed by atoms with van der Waals surface area (Å²) in [6.45, 7) is 1.93. The number of halogens is 1. The number of carbonyl (C=O) groups excluding carboxylic acids is 2. The highest BCUT2D eigenvalue weighted by Crippen LogP contribution is 2.55. The number of benzene rings is 1. The molecule has 4 atom stereocenters. The van der Waals surface area contributed by atoms with Crippen LogP contribution in [-0.4, -0.2) is 45.0 Å². The number of H-pyrrole nitrogens is 1. The lowest BCUT2D eigenvalue weighted by Gasteiger charge is -2.22. The molecule has 0 saturated heterocycles. The van der Waals surface area contributed by atoms with E-state index in [0.717, 1.165) is 11.9 Å². The Labute approximate surface area is 266 Å². The number of hydrogen-bond donors (Lipinski definition) is 4. The molecule has 2 heterocycles. The molecule has 242 valence electrons. The first-order valence-electron chi connectivity index (χ1n) is 14.9. The minimum Gasteiger partial charge on any atom is -0.394 e. The second-order valence-electron chi connectivity index (χ2n) is 11.8. The zero-order chi connectivity index (χ0) is 33.4. The maximum atomic E-state index is 14.5. The molecule has 1 fully saturated rings. The number of hydrogen-bond acceptors (Lipinski definition) is 11. The molecule has 4 aromatic rings. The molecule has 0 spiro atoms. The standard InChI is InChI=1S/C32H31FN8O6/c1-15-9-19-18(24(19)29-39-32(46)47-40-29)5-3-4-6-21(15)38-31(45)23-11-22(36-14-37-23)30(44)35-12-16-7-8-20(33)17(10-16)13-41(2)26-25(34)27(42)28(26)43/h3,5,7-11,14,18-19,21,24H,4,6,12-13,34H2,1-2H3,(H,35,44)(H,38,45)(H,39,40,46)/b5-3+,15-9+/t18?,19-,21-,24?/m0/s1. The van der Waals surface area contributed by atoms with Gasteiger partial charge in [-0.05, 0) is 49.3 Å². The molecule has 47 heavy (non-hydrogen) atoms. The second-order valence-corrected chi connectivity index (χ2v) is 11.8. The van der Waals surface area contributed by atoms with E-state index in [0.29, 0.717) is 24.2 Å². The van der Waals surface area contributed by atoms with Gasteiger partial charge in [-0.2, -0.15) is 0 Å². The third-order valence-electron chi connectivity index (χ3n) is 8.60. The molecule has 2 aliphatic rings. The van der Waals surface area contributed by atoms with Crippen LogP contribution in [0.4, 0.5) is 15.8 Å². The van der Waals surface area contributed by atoms with Crippen molar-refractivity contribution >= 4 is 23.2 Å². The minimum atomic E-state index is -0.761. The first kappa shape index (κ1) is 31.3. The van der Waals surface area contributed by atoms with Gasteiger partial charge < -0.3 is 21.3 Å². The number of carbonyl (C=O) groups is 2. The van der Waals surface area contributed by atoms with Gasteiger partial charge >= 0.3 is 5.76 Å². The van der Waals surface area contributed by atoms with Crippen LogP contribution in [0, 0.1) is 17.7 Å². The maximum absolute atomic E-state index is 14.5. The molecule has 0 bridgehead atoms. The molecular formula is C32H31FN8O6. The van der Waals surface area contributed by atoms with Gasteiger partial charge in [-0.3, -0.25) is 28.7 Å². The molecular weight excluding hydrogens is 611 g/mol. The Morgan fingerprint density at radius 2 is 1.87 bits per heavy atom. The number of amides is 2. The quantitative estimate of drug-likeness (QED) is 0.152. The van der Waals surface area contributed by atoms with Gasteiger partial charge in [-0.1, -0.05) is 35.0 Å². The van der Waals surface area contributed by atoms with Crippen LogP contribution in [0.25, 0.3) is 0 Å². The summed E-state index contributed by atoms with van der Waals surface area (Å²) < 4.78 is 19.2. The number of nitrogens with one attached hydrogen (secondary N) is 3. The summed E-state index contributed by atoms with van der Waals surface area (Å²) in [5.74, 6) is -1.39. The van der Waals surface area contributed by atoms with Gasteiger partial charge in [0.05, 0.1) is 6.04 Å². The number of allylic oxidation sites excluding steroid dienone is 3. The lowest BCUT2D eigenvalue weighted by molar-refractivity contribution is 0.0935. The van der Waals surface area contributed by atoms with Crippen molar-refractivity contribution in [2.24, 2.45) is 11.8 Å². The van der Waals surface area contributed by atoms with Gasteiger partial charge in [-0.25, -0.2) is 19.2 Å². The number of rotatable bonds is 9. The number of nitrogens with zero attached hydrogens (tertiary/aromatic N) is 4. The maximum Gasteiger partial charge on any atom is 0.438 e. The molecule has 0 aliphatic heterocycles. The summed E-state index contributed by atoms with van der Waals surface area (Å²) in [5, 5.41) is 9.56. The molecule has 15 heteroatoms. The molecule has 6 rings (SSSR count). The van der Waals surface area contributed by atoms with Crippen LogP contribution in [0.1, 0.15) is 63.6 Å². The van der Waals surface area contributed by atoms with E-state index in [1.165, 1.54) is 36.2 Å². The Kier molecular flexibility index (Phi) is 8.36. The molecule has 0 radical (unpaired) electrons. The third-order valence-corrected chi connectivity index (χ3v) is 8.60. The van der Waals surface area contributed by atoms with Crippen molar-refractivity contribution in [3.8, 4) is 0 Å². The Hall–Kier alpha value is -5.73. The van der Waals surface area contributed by atoms with Crippen LogP contribution < -0.4 is 37.9 Å². The highest BCUT2D eigenvalue weighted by molar-refractivity contribution is 5.97. The van der Waals surface area contributed by atoms with E-state index in [1.54, 1.807) is 0 Å². The van der Waals surface area contributed by atoms with Crippen LogP contribution in [-0.2, 0) is 13.1 Å². The summed E-state index contributed by atoms with van der Waals surface area (Å²) in [7, 11) is 1.53. The highest BCUT2D eigenvalue weighted by Gasteiger charge is 2.50. The molecule has 14 nitrogen and oxygen atoms in total. The second kappa shape index (κ2) is 12.6. The molecule has 2 aromatic heterocycles. The Bertz CT molecular complexity index is 2060. The average molecular weight is 643 g/mol. The Morgan fingerprint density at radius 3 is 2.60 bits per heavy atom. The van der Waals surface area contributed by atoms with Gasteiger partial charge in [0.15, 0.2) is 5.82 Å². The Balaban J connectivity index is 1.08. The van der Waals surface area contributed by atoms with Crippen molar-refractivity contribution in [1.82, 2.24) is 30.7 Å². The van der Waals surface area contributed by atoms with E-state index < -0.39 is 34.2 Å². The molecule has 2 aliphatic carbocycles. The van der Waals surface area contributed by atoms with E-state index in [4.69, 9.17) is 5.73 Å². The zero-order valence-electron chi connectivity index (χ0n) is 25.5. The van der Waals surface area contributed by atoms with Gasteiger partial charge in [0.25, 0.3) is 22.7 Å². The van der Waals surface area contributed by atoms with Gasteiger partial charge in [0.1, 0.15) is 34.9 Å². The highest BCUT2D eigenvalue weighted by atomic mass is 19.1. The molecule has 2 unspecified atom stereocenters. The monoisotopic (exact) mass is 642 g/mol. The number of nitrogen functional groups attached to an aromatic ring is 1.